The SMILES string of the molecule is C[C@H](CN1CC[C@@](C)(O)C1)[C@H]1CC[C@H]2/C(=C/C=C3C[C@@H](O)C[C@H](O)C3)CCC[C@]12C. The third-order valence-electron chi connectivity index (χ3n) is 8.87. The maximum atomic E-state index is 10.3. The van der Waals surface area contributed by atoms with E-state index in [0.29, 0.717) is 36.5 Å². The van der Waals surface area contributed by atoms with Crippen molar-refractivity contribution in [1.82, 2.24) is 4.90 Å². The van der Waals surface area contributed by atoms with E-state index in [1.54, 1.807) is 5.57 Å². The van der Waals surface area contributed by atoms with Crippen LogP contribution in [0, 0.1) is 23.2 Å². The highest BCUT2D eigenvalue weighted by Crippen LogP contribution is 2.59. The molecule has 0 radical (unpaired) electrons. The fourth-order valence-electron chi connectivity index (χ4n) is 7.47. The van der Waals surface area contributed by atoms with Crippen molar-refractivity contribution in [2.45, 2.75) is 96.4 Å². The Morgan fingerprint density at radius 2 is 1.83 bits per heavy atom. The van der Waals surface area contributed by atoms with E-state index in [9.17, 15) is 15.3 Å². The van der Waals surface area contributed by atoms with Crippen molar-refractivity contribution < 1.29 is 15.3 Å². The third-order valence-corrected chi connectivity index (χ3v) is 8.87. The van der Waals surface area contributed by atoms with Gasteiger partial charge in [0.25, 0.3) is 0 Å². The van der Waals surface area contributed by atoms with Gasteiger partial charge in [0.15, 0.2) is 0 Å². The van der Waals surface area contributed by atoms with Crippen LogP contribution < -0.4 is 0 Å². The number of rotatable bonds is 4. The first-order valence-electron chi connectivity index (χ1n) is 12.4. The van der Waals surface area contributed by atoms with E-state index in [0.717, 1.165) is 32.0 Å². The minimum Gasteiger partial charge on any atom is -0.393 e. The van der Waals surface area contributed by atoms with E-state index in [2.05, 4.69) is 30.9 Å². The number of β-amino-alcohol motifs (C(OH)–C–C–N with tert-alkyl or cyclic N) is 1. The fourth-order valence-corrected chi connectivity index (χ4v) is 7.47. The Morgan fingerprint density at radius 3 is 2.50 bits per heavy atom. The summed E-state index contributed by atoms with van der Waals surface area (Å²) in [6.07, 6.45) is 13.0. The molecule has 0 aromatic carbocycles. The molecule has 7 atom stereocenters. The van der Waals surface area contributed by atoms with Crippen molar-refractivity contribution in [1.29, 1.82) is 0 Å². The van der Waals surface area contributed by atoms with E-state index < -0.39 is 17.8 Å². The number of aliphatic hydroxyl groups excluding tert-OH is 2. The average molecular weight is 418 g/mol. The van der Waals surface area contributed by atoms with Crippen molar-refractivity contribution in [3.8, 4) is 0 Å². The summed E-state index contributed by atoms with van der Waals surface area (Å²) < 4.78 is 0. The average Bonchev–Trinajstić information content (AvgIpc) is 3.18. The first-order valence-corrected chi connectivity index (χ1v) is 12.4. The van der Waals surface area contributed by atoms with Gasteiger partial charge in [-0.3, -0.25) is 0 Å². The molecule has 4 fully saturated rings. The molecule has 1 saturated heterocycles. The van der Waals surface area contributed by atoms with Gasteiger partial charge in [0.1, 0.15) is 0 Å². The summed E-state index contributed by atoms with van der Waals surface area (Å²) in [5.74, 6) is 2.09. The molecular formula is C26H43NO3. The number of allylic oxidation sites excluding steroid dienone is 3. The Hall–Kier alpha value is -0.680. The van der Waals surface area contributed by atoms with Crippen molar-refractivity contribution in [3.63, 3.8) is 0 Å². The number of hydrogen-bond donors (Lipinski definition) is 3. The number of hydrogen-bond acceptors (Lipinski definition) is 4. The van der Waals surface area contributed by atoms with Crippen LogP contribution in [0.15, 0.2) is 23.3 Å². The van der Waals surface area contributed by atoms with Crippen LogP contribution in [0.1, 0.15) is 78.6 Å². The molecule has 1 aliphatic heterocycles. The first-order chi connectivity index (χ1) is 14.2. The lowest BCUT2D eigenvalue weighted by Crippen LogP contribution is -2.40. The first kappa shape index (κ1) is 22.5. The van der Waals surface area contributed by atoms with Crippen molar-refractivity contribution in [2.75, 3.05) is 19.6 Å². The maximum Gasteiger partial charge on any atom is 0.0758 e. The molecule has 4 heteroatoms. The van der Waals surface area contributed by atoms with Crippen LogP contribution >= 0.6 is 0 Å². The van der Waals surface area contributed by atoms with Crippen LogP contribution in [-0.2, 0) is 0 Å². The Balaban J connectivity index is 1.44. The molecule has 4 rings (SSSR count). The highest BCUT2D eigenvalue weighted by molar-refractivity contribution is 5.26. The highest BCUT2D eigenvalue weighted by Gasteiger charge is 2.51. The molecule has 0 bridgehead atoms. The maximum absolute atomic E-state index is 10.3. The summed E-state index contributed by atoms with van der Waals surface area (Å²) in [7, 11) is 0. The molecule has 0 aromatic rings. The number of fused-ring (bicyclic) bond motifs is 1. The highest BCUT2D eigenvalue weighted by atomic mass is 16.3. The van der Waals surface area contributed by atoms with Gasteiger partial charge in [0, 0.05) is 19.6 Å². The van der Waals surface area contributed by atoms with Crippen LogP contribution in [0.2, 0.25) is 0 Å². The third kappa shape index (κ3) is 4.72. The lowest BCUT2D eigenvalue weighted by molar-refractivity contribution is 0.0547. The Kier molecular flexibility index (Phi) is 6.52. The minimum absolute atomic E-state index is 0.385. The summed E-state index contributed by atoms with van der Waals surface area (Å²) in [5, 5.41) is 30.3. The molecule has 1 heterocycles. The molecule has 0 amide bonds. The normalized spacial score (nSPS) is 45.0. The van der Waals surface area contributed by atoms with Crippen LogP contribution in [0.3, 0.4) is 0 Å². The van der Waals surface area contributed by atoms with Gasteiger partial charge >= 0.3 is 0 Å². The molecule has 3 N–H and O–H groups in total. The Labute approximate surface area is 183 Å². The van der Waals surface area contributed by atoms with Crippen LogP contribution in [0.25, 0.3) is 0 Å². The summed E-state index contributed by atoms with van der Waals surface area (Å²) in [6.45, 7) is 9.92. The molecule has 3 saturated carbocycles. The smallest absolute Gasteiger partial charge is 0.0758 e. The van der Waals surface area contributed by atoms with E-state index in [1.165, 1.54) is 37.7 Å². The second-order valence-electron chi connectivity index (χ2n) is 11.6. The molecule has 30 heavy (non-hydrogen) atoms. The van der Waals surface area contributed by atoms with Gasteiger partial charge in [0.2, 0.25) is 0 Å². The number of likely N-dealkylation sites (tertiary alicyclic amines) is 1. The fraction of sp³-hybridized carbons (Fsp3) is 0.846. The zero-order valence-corrected chi connectivity index (χ0v) is 19.3. The summed E-state index contributed by atoms with van der Waals surface area (Å²) in [6, 6.07) is 0. The second-order valence-corrected chi connectivity index (χ2v) is 11.6. The van der Waals surface area contributed by atoms with Crippen molar-refractivity contribution >= 4 is 0 Å². The second kappa shape index (κ2) is 8.69. The largest absolute Gasteiger partial charge is 0.393 e. The number of nitrogens with zero attached hydrogens (tertiary/aromatic N) is 1. The minimum atomic E-state index is -0.504. The molecule has 0 aromatic heterocycles. The van der Waals surface area contributed by atoms with Crippen LogP contribution in [-0.4, -0.2) is 57.7 Å². The van der Waals surface area contributed by atoms with E-state index in [1.807, 2.05) is 6.92 Å². The van der Waals surface area contributed by atoms with E-state index in [-0.39, 0.29) is 0 Å². The number of aliphatic hydroxyl groups is 3. The van der Waals surface area contributed by atoms with E-state index >= 15 is 0 Å². The van der Waals surface area contributed by atoms with Crippen LogP contribution in [0.4, 0.5) is 0 Å². The molecule has 4 nitrogen and oxygen atoms in total. The molecule has 4 aliphatic rings. The van der Waals surface area contributed by atoms with Gasteiger partial charge < -0.3 is 20.2 Å². The van der Waals surface area contributed by atoms with Gasteiger partial charge in [-0.1, -0.05) is 37.1 Å². The van der Waals surface area contributed by atoms with Crippen molar-refractivity contribution in [2.24, 2.45) is 23.2 Å². The Morgan fingerprint density at radius 1 is 1.10 bits per heavy atom. The summed E-state index contributed by atoms with van der Waals surface area (Å²) >= 11 is 0. The Bertz CT molecular complexity index is 672. The van der Waals surface area contributed by atoms with Gasteiger partial charge in [-0.25, -0.2) is 0 Å². The van der Waals surface area contributed by atoms with Crippen molar-refractivity contribution in [3.05, 3.63) is 23.3 Å². The predicted octanol–water partition coefficient (Wildman–Crippen LogP) is 4.05. The standard InChI is InChI=1S/C26H43NO3/c1-18(16-27-12-11-25(2,30)17-27)23-8-9-24-20(5-4-10-26(23,24)3)7-6-19-13-21(28)15-22(29)14-19/h6-7,18,21-24,28-30H,4-5,8-17H2,1-3H3/b20-7+/t18-,21-,22-,23-,24+,25-,26-/m1/s1. The molecule has 170 valence electrons. The van der Waals surface area contributed by atoms with Gasteiger partial charge in [0.05, 0.1) is 17.8 Å². The zero-order chi connectivity index (χ0) is 21.5. The summed E-state index contributed by atoms with van der Waals surface area (Å²) in [4.78, 5) is 2.48. The lowest BCUT2D eigenvalue weighted by Gasteiger charge is -2.45. The quantitative estimate of drug-likeness (QED) is 0.646. The molecular weight excluding hydrogens is 374 g/mol. The lowest BCUT2D eigenvalue weighted by atomic mass is 9.61. The predicted molar refractivity (Wildman–Crippen MR) is 121 cm³/mol. The van der Waals surface area contributed by atoms with Crippen LogP contribution in [0.5, 0.6) is 0 Å². The molecule has 3 aliphatic carbocycles. The summed E-state index contributed by atoms with van der Waals surface area (Å²) in [5.41, 5.74) is 2.68. The molecule has 0 spiro atoms. The monoisotopic (exact) mass is 417 g/mol. The topological polar surface area (TPSA) is 63.9 Å². The van der Waals surface area contributed by atoms with E-state index in [4.69, 9.17) is 0 Å². The van der Waals surface area contributed by atoms with Gasteiger partial charge in [-0.15, -0.1) is 0 Å². The molecule has 0 unspecified atom stereocenters. The van der Waals surface area contributed by atoms with Gasteiger partial charge in [-0.05, 0) is 87.9 Å². The zero-order valence-electron chi connectivity index (χ0n) is 19.3. The van der Waals surface area contributed by atoms with Gasteiger partial charge in [-0.2, -0.15) is 0 Å².